The van der Waals surface area contributed by atoms with Crippen LogP contribution in [-0.4, -0.2) is 61.9 Å². The van der Waals surface area contributed by atoms with Crippen molar-refractivity contribution < 1.29 is 9.90 Å². The molecule has 2 N–H and O–H groups in total. The van der Waals surface area contributed by atoms with Gasteiger partial charge in [0.2, 0.25) is 0 Å². The highest BCUT2D eigenvalue weighted by Gasteiger charge is 2.37. The lowest BCUT2D eigenvalue weighted by Gasteiger charge is -2.37. The Morgan fingerprint density at radius 2 is 2.14 bits per heavy atom. The number of carbonyl (C=O) groups is 1. The van der Waals surface area contributed by atoms with Gasteiger partial charge < -0.3 is 15.3 Å². The van der Waals surface area contributed by atoms with E-state index in [1.807, 2.05) is 37.5 Å². The molecule has 4 rings (SSSR count). The highest BCUT2D eigenvalue weighted by atomic mass is 16.4. The molecule has 0 aliphatic carbocycles. The summed E-state index contributed by atoms with van der Waals surface area (Å²) in [5.41, 5.74) is 1.47. The van der Waals surface area contributed by atoms with E-state index in [0.29, 0.717) is 12.6 Å². The van der Waals surface area contributed by atoms with E-state index >= 15 is 0 Å². The lowest BCUT2D eigenvalue weighted by Crippen LogP contribution is -2.52. The number of fused-ring (bicyclic) bond motifs is 1. The molecule has 0 saturated carbocycles. The van der Waals surface area contributed by atoms with Crippen LogP contribution in [0.15, 0.2) is 18.3 Å². The van der Waals surface area contributed by atoms with E-state index in [0.717, 1.165) is 43.1 Å². The maximum absolute atomic E-state index is 11.8. The fourth-order valence-corrected chi connectivity index (χ4v) is 4.49. The van der Waals surface area contributed by atoms with Gasteiger partial charge >= 0.3 is 6.09 Å². The van der Waals surface area contributed by atoms with Crippen LogP contribution in [0.25, 0.3) is 5.65 Å². The van der Waals surface area contributed by atoms with Crippen molar-refractivity contribution in [1.82, 2.24) is 24.8 Å². The minimum absolute atomic E-state index is 0.0255. The van der Waals surface area contributed by atoms with Gasteiger partial charge in [0.05, 0.1) is 17.8 Å². The van der Waals surface area contributed by atoms with E-state index in [1.54, 1.807) is 4.90 Å². The number of carboxylic acid groups (broad SMARTS) is 1. The first-order valence-corrected chi connectivity index (χ1v) is 10.2. The molecule has 1 amide bonds. The van der Waals surface area contributed by atoms with Gasteiger partial charge in [-0.15, -0.1) is 0 Å². The van der Waals surface area contributed by atoms with Crippen LogP contribution in [0.1, 0.15) is 58.2 Å². The minimum atomic E-state index is -0.858. The van der Waals surface area contributed by atoms with E-state index in [2.05, 4.69) is 21.4 Å². The molecule has 2 fully saturated rings. The summed E-state index contributed by atoms with van der Waals surface area (Å²) in [7, 11) is 0. The summed E-state index contributed by atoms with van der Waals surface area (Å²) in [5, 5.41) is 17.9. The summed E-state index contributed by atoms with van der Waals surface area (Å²) in [5.74, 6) is 0.886. The van der Waals surface area contributed by atoms with Gasteiger partial charge in [-0.3, -0.25) is 4.90 Å². The van der Waals surface area contributed by atoms with E-state index in [4.69, 9.17) is 4.98 Å². The van der Waals surface area contributed by atoms with Crippen LogP contribution in [0.2, 0.25) is 0 Å². The van der Waals surface area contributed by atoms with Crippen LogP contribution in [-0.2, 0) is 0 Å². The van der Waals surface area contributed by atoms with Crippen LogP contribution in [0.5, 0.6) is 0 Å². The Labute approximate surface area is 165 Å². The van der Waals surface area contributed by atoms with Crippen molar-refractivity contribution in [2.75, 3.05) is 24.5 Å². The summed E-state index contributed by atoms with van der Waals surface area (Å²) in [6.07, 6.45) is 5.48. The van der Waals surface area contributed by atoms with Gasteiger partial charge in [0.15, 0.2) is 5.65 Å². The summed E-state index contributed by atoms with van der Waals surface area (Å²) < 4.78 is 1.83. The van der Waals surface area contributed by atoms with Crippen molar-refractivity contribution in [2.45, 2.75) is 64.1 Å². The minimum Gasteiger partial charge on any atom is -0.465 e. The summed E-state index contributed by atoms with van der Waals surface area (Å²) >= 11 is 0. The monoisotopic (exact) mass is 386 g/mol. The predicted octanol–water partition coefficient (Wildman–Crippen LogP) is 2.90. The quantitative estimate of drug-likeness (QED) is 0.844. The van der Waals surface area contributed by atoms with Crippen LogP contribution in [0.4, 0.5) is 10.6 Å². The van der Waals surface area contributed by atoms with Gasteiger partial charge in [-0.25, -0.2) is 14.3 Å². The molecule has 2 aromatic rings. The molecule has 0 spiro atoms. The van der Waals surface area contributed by atoms with Crippen LogP contribution < -0.4 is 10.2 Å². The molecule has 2 atom stereocenters. The Morgan fingerprint density at radius 3 is 2.82 bits per heavy atom. The van der Waals surface area contributed by atoms with E-state index in [-0.39, 0.29) is 6.04 Å². The first kappa shape index (κ1) is 19.0. The molecule has 2 aromatic heterocycles. The van der Waals surface area contributed by atoms with Crippen LogP contribution >= 0.6 is 0 Å². The number of hydrogen-bond acceptors (Lipinski definition) is 5. The van der Waals surface area contributed by atoms with Gasteiger partial charge in [0, 0.05) is 30.9 Å². The summed E-state index contributed by atoms with van der Waals surface area (Å²) in [6.45, 7) is 8.35. The highest BCUT2D eigenvalue weighted by molar-refractivity contribution is 5.67. The van der Waals surface area contributed by atoms with E-state index in [9.17, 15) is 9.90 Å². The third-order valence-electron chi connectivity index (χ3n) is 5.78. The first-order chi connectivity index (χ1) is 13.3. The lowest BCUT2D eigenvalue weighted by atomic mass is 10.0. The number of nitrogens with zero attached hydrogens (tertiary/aromatic N) is 5. The third kappa shape index (κ3) is 3.65. The Morgan fingerprint density at radius 1 is 1.32 bits per heavy atom. The molecule has 8 heteroatoms. The Kier molecular flexibility index (Phi) is 4.91. The normalized spacial score (nSPS) is 23.3. The molecule has 152 valence electrons. The van der Waals surface area contributed by atoms with Crippen LogP contribution in [0, 0.1) is 0 Å². The molecular formula is C20H30N6O2. The fraction of sp³-hybridized carbons (Fsp3) is 0.650. The van der Waals surface area contributed by atoms with Gasteiger partial charge in [0.25, 0.3) is 0 Å². The molecule has 2 saturated heterocycles. The molecule has 2 aliphatic heterocycles. The SMILES string of the molecule is CC(C)(C)N(C(=O)O)[C@H]1CCN(c2ccn3nc(C4CCCCN4)cc3n2)C1. The average Bonchev–Trinajstić information content (AvgIpc) is 3.27. The number of hydrogen-bond donors (Lipinski definition) is 2. The predicted molar refractivity (Wildman–Crippen MR) is 108 cm³/mol. The molecule has 0 radical (unpaired) electrons. The first-order valence-electron chi connectivity index (χ1n) is 10.2. The van der Waals surface area contributed by atoms with Crippen LogP contribution in [0.3, 0.4) is 0 Å². The maximum Gasteiger partial charge on any atom is 0.408 e. The topological polar surface area (TPSA) is 86.0 Å². The zero-order valence-corrected chi connectivity index (χ0v) is 16.9. The number of aromatic nitrogens is 3. The summed E-state index contributed by atoms with van der Waals surface area (Å²) in [6, 6.07) is 4.33. The molecule has 28 heavy (non-hydrogen) atoms. The second kappa shape index (κ2) is 7.24. The third-order valence-corrected chi connectivity index (χ3v) is 5.78. The summed E-state index contributed by atoms with van der Waals surface area (Å²) in [4.78, 5) is 20.3. The van der Waals surface area contributed by atoms with Gasteiger partial charge in [-0.2, -0.15) is 5.10 Å². The van der Waals surface area contributed by atoms with Gasteiger partial charge in [0.1, 0.15) is 5.82 Å². The van der Waals surface area contributed by atoms with Crippen molar-refractivity contribution >= 4 is 17.6 Å². The highest BCUT2D eigenvalue weighted by Crippen LogP contribution is 2.28. The van der Waals surface area contributed by atoms with Gasteiger partial charge in [-0.1, -0.05) is 6.42 Å². The molecule has 4 heterocycles. The molecule has 1 unspecified atom stereocenters. The smallest absolute Gasteiger partial charge is 0.408 e. The number of rotatable bonds is 3. The fourth-order valence-electron chi connectivity index (χ4n) is 4.49. The van der Waals surface area contributed by atoms with Crippen molar-refractivity contribution in [1.29, 1.82) is 0 Å². The van der Waals surface area contributed by atoms with E-state index < -0.39 is 11.6 Å². The van der Waals surface area contributed by atoms with Crippen molar-refractivity contribution in [3.05, 3.63) is 24.0 Å². The number of piperidine rings is 1. The Hall–Kier alpha value is -2.35. The van der Waals surface area contributed by atoms with Crippen molar-refractivity contribution in [2.24, 2.45) is 0 Å². The molecular weight excluding hydrogens is 356 g/mol. The molecule has 0 aromatic carbocycles. The number of anilines is 1. The zero-order chi connectivity index (χ0) is 19.9. The van der Waals surface area contributed by atoms with Crippen molar-refractivity contribution in [3.63, 3.8) is 0 Å². The molecule has 8 nitrogen and oxygen atoms in total. The maximum atomic E-state index is 11.8. The second-order valence-electron chi connectivity index (χ2n) is 8.87. The molecule has 2 aliphatic rings. The van der Waals surface area contributed by atoms with Crippen molar-refractivity contribution in [3.8, 4) is 0 Å². The Bertz CT molecular complexity index is 852. The Balaban J connectivity index is 1.52. The van der Waals surface area contributed by atoms with Gasteiger partial charge in [-0.05, 0) is 52.6 Å². The largest absolute Gasteiger partial charge is 0.465 e. The standard InChI is InChI=1S/C20H30N6O2/c1-20(2,3)26(19(27)28)14-7-10-24(13-14)17-8-11-25-18(22-17)12-16(23-25)15-6-4-5-9-21-15/h8,11-12,14-15,21H,4-7,9-10,13H2,1-3H3,(H,27,28)/t14-,15?/m0/s1. The number of nitrogens with one attached hydrogen (secondary N) is 1. The second-order valence-corrected chi connectivity index (χ2v) is 8.87. The molecule has 0 bridgehead atoms. The zero-order valence-electron chi connectivity index (χ0n) is 16.9. The average molecular weight is 387 g/mol. The van der Waals surface area contributed by atoms with E-state index in [1.165, 1.54) is 12.8 Å². The lowest BCUT2D eigenvalue weighted by molar-refractivity contribution is 0.0763. The number of amides is 1.